The monoisotopic (exact) mass is 410 g/mol. The van der Waals surface area contributed by atoms with E-state index in [0.29, 0.717) is 6.42 Å². The Labute approximate surface area is 112 Å². The fraction of sp³-hybridized carbons (Fsp3) is 0.455. The van der Waals surface area contributed by atoms with Gasteiger partial charge in [-0.3, -0.25) is 0 Å². The minimum Gasteiger partial charge on any atom is -0.376 e. The first-order valence-electron chi connectivity index (χ1n) is 4.10. The highest BCUT2D eigenvalue weighted by Gasteiger charge is 2.44. The molecule has 0 bridgehead atoms. The second-order valence-electron chi connectivity index (χ2n) is 3.17. The molecule has 0 spiro atoms. The zero-order valence-corrected chi connectivity index (χ0v) is 11.7. The van der Waals surface area contributed by atoms with Crippen molar-refractivity contribution < 1.29 is 5.11 Å². The molecule has 1 fully saturated rings. The first kappa shape index (κ1) is 12.2. The van der Waals surface area contributed by atoms with Gasteiger partial charge in [-0.05, 0) is 20.7 Å². The van der Waals surface area contributed by atoms with Gasteiger partial charge in [-0.2, -0.15) is 0 Å². The molecule has 1 aliphatic rings. The summed E-state index contributed by atoms with van der Waals surface area (Å²) in [5.41, 5.74) is -1.08. The average Bonchev–Trinajstić information content (AvgIpc) is 2.49. The number of hydrogen-bond acceptors (Lipinski definition) is 1. The summed E-state index contributed by atoms with van der Waals surface area (Å²) in [7, 11) is 0. The van der Waals surface area contributed by atoms with Crippen molar-refractivity contribution in [2.45, 2.75) is 18.4 Å². The quantitative estimate of drug-likeness (QED) is 0.480. The predicted octanol–water partition coefficient (Wildman–Crippen LogP) is 2.17. The Morgan fingerprint density at radius 3 is 2.43 bits per heavy atom. The second-order valence-corrected chi connectivity index (χ2v) is 4.25. The van der Waals surface area contributed by atoms with Gasteiger partial charge in [0.15, 0.2) is 0 Å². The number of rotatable bonds is 0. The van der Waals surface area contributed by atoms with Crippen LogP contribution in [0.2, 0.25) is 0 Å². The van der Waals surface area contributed by atoms with Gasteiger partial charge in [-0.1, -0.05) is 17.8 Å². The first-order valence-corrected chi connectivity index (χ1v) is 6.26. The summed E-state index contributed by atoms with van der Waals surface area (Å²) >= 11 is 3.95. The summed E-state index contributed by atoms with van der Waals surface area (Å²) in [5, 5.41) is 10.1. The Hall–Kier alpha value is 0.100. The molecule has 1 saturated carbocycles. The van der Waals surface area contributed by atoms with Gasteiger partial charge >= 0.3 is 0 Å². The molecule has 1 nitrogen and oxygen atoms in total. The topological polar surface area (TPSA) is 20.2 Å². The summed E-state index contributed by atoms with van der Waals surface area (Å²) in [4.78, 5) is 0. The van der Waals surface area contributed by atoms with Crippen molar-refractivity contribution in [3.8, 4) is 32.0 Å². The van der Waals surface area contributed by atoms with Crippen molar-refractivity contribution >= 4 is 45.2 Å². The van der Waals surface area contributed by atoms with Crippen molar-refractivity contribution in [1.82, 2.24) is 0 Å². The molecular formula is C11H8I2O. The zero-order chi connectivity index (χ0) is 10.6. The van der Waals surface area contributed by atoms with Crippen LogP contribution in [0.25, 0.3) is 0 Å². The summed E-state index contributed by atoms with van der Waals surface area (Å²) in [6.07, 6.45) is 6.75. The molecule has 0 aliphatic heterocycles. The lowest BCUT2D eigenvalue weighted by Gasteiger charge is -2.21. The maximum absolute atomic E-state index is 10.1. The van der Waals surface area contributed by atoms with Crippen molar-refractivity contribution in [3.05, 3.63) is 0 Å². The van der Waals surface area contributed by atoms with E-state index in [9.17, 15) is 5.11 Å². The molecular weight excluding hydrogens is 402 g/mol. The fourth-order valence-corrected chi connectivity index (χ4v) is 2.43. The lowest BCUT2D eigenvalue weighted by molar-refractivity contribution is 0.0789. The van der Waals surface area contributed by atoms with E-state index in [-0.39, 0.29) is 11.8 Å². The molecule has 1 aliphatic carbocycles. The minimum atomic E-state index is -1.08. The van der Waals surface area contributed by atoms with Gasteiger partial charge in [-0.25, -0.2) is 0 Å². The third kappa shape index (κ3) is 2.37. The van der Waals surface area contributed by atoms with Crippen LogP contribution < -0.4 is 0 Å². The molecule has 1 N–H and O–H groups in total. The van der Waals surface area contributed by atoms with Gasteiger partial charge in [0.1, 0.15) is 5.60 Å². The third-order valence-electron chi connectivity index (χ3n) is 2.45. The first-order chi connectivity index (χ1) is 6.68. The maximum atomic E-state index is 10.1. The largest absolute Gasteiger partial charge is 0.376 e. The Morgan fingerprint density at radius 2 is 1.93 bits per heavy atom. The van der Waals surface area contributed by atoms with E-state index in [1.54, 1.807) is 0 Å². The van der Waals surface area contributed by atoms with Crippen LogP contribution in [-0.2, 0) is 0 Å². The molecule has 0 aromatic rings. The van der Waals surface area contributed by atoms with E-state index >= 15 is 0 Å². The van der Waals surface area contributed by atoms with Crippen LogP contribution in [0.3, 0.4) is 0 Å². The highest BCUT2D eigenvalue weighted by Crippen LogP contribution is 2.39. The van der Waals surface area contributed by atoms with Gasteiger partial charge in [-0.15, -0.1) is 6.42 Å². The van der Waals surface area contributed by atoms with E-state index < -0.39 is 5.60 Å². The lowest BCUT2D eigenvalue weighted by atomic mass is 9.87. The molecule has 14 heavy (non-hydrogen) atoms. The van der Waals surface area contributed by atoms with Crippen molar-refractivity contribution in [2.24, 2.45) is 11.8 Å². The number of terminal acetylenes is 1. The van der Waals surface area contributed by atoms with E-state index in [1.807, 2.05) is 45.2 Å². The smallest absolute Gasteiger partial charge is 0.140 e. The number of aliphatic hydroxyl groups is 1. The van der Waals surface area contributed by atoms with E-state index in [1.165, 1.54) is 0 Å². The molecule has 0 heterocycles. The summed E-state index contributed by atoms with van der Waals surface area (Å²) in [5.74, 6) is 8.35. The SMILES string of the molecule is C#C[C@]1(O)CCC(C#CI)C1C#CI. The van der Waals surface area contributed by atoms with Crippen LogP contribution in [-0.4, -0.2) is 10.7 Å². The minimum absolute atomic E-state index is 0.107. The molecule has 3 heteroatoms. The summed E-state index contributed by atoms with van der Waals surface area (Å²) in [6.45, 7) is 0. The van der Waals surface area contributed by atoms with Gasteiger partial charge in [0.25, 0.3) is 0 Å². The van der Waals surface area contributed by atoms with Crippen LogP contribution in [0.4, 0.5) is 0 Å². The van der Waals surface area contributed by atoms with Crippen LogP contribution in [0.15, 0.2) is 0 Å². The van der Waals surface area contributed by atoms with Crippen LogP contribution in [0.1, 0.15) is 12.8 Å². The van der Waals surface area contributed by atoms with E-state index in [4.69, 9.17) is 6.42 Å². The molecule has 3 atom stereocenters. The number of hydrogen-bond donors (Lipinski definition) is 1. The predicted molar refractivity (Wildman–Crippen MR) is 73.6 cm³/mol. The van der Waals surface area contributed by atoms with Gasteiger partial charge in [0.05, 0.1) is 5.92 Å². The molecule has 0 amide bonds. The molecule has 2 unspecified atom stereocenters. The maximum Gasteiger partial charge on any atom is 0.140 e. The van der Waals surface area contributed by atoms with Gasteiger partial charge in [0, 0.05) is 51.1 Å². The summed E-state index contributed by atoms with van der Waals surface area (Å²) in [6, 6.07) is 0. The fourth-order valence-electron chi connectivity index (χ4n) is 1.70. The van der Waals surface area contributed by atoms with E-state index in [0.717, 1.165) is 6.42 Å². The third-order valence-corrected chi connectivity index (χ3v) is 3.08. The Balaban J connectivity index is 2.99. The summed E-state index contributed by atoms with van der Waals surface area (Å²) < 4.78 is 5.61. The molecule has 1 rings (SSSR count). The van der Waals surface area contributed by atoms with Gasteiger partial charge in [0.2, 0.25) is 0 Å². The average molecular weight is 410 g/mol. The number of halogens is 2. The highest BCUT2D eigenvalue weighted by atomic mass is 127. The molecule has 0 aromatic heterocycles. The van der Waals surface area contributed by atoms with Crippen LogP contribution in [0.5, 0.6) is 0 Å². The second kappa shape index (κ2) is 5.26. The van der Waals surface area contributed by atoms with Crippen molar-refractivity contribution in [3.63, 3.8) is 0 Å². The standard InChI is InChI=1S/C11H8I2O/c1-2-11(14)6-3-9(4-7-12)10(11)5-8-13/h1,9-10,14H,3,6H2/t9?,10?,11-/m0/s1. The van der Waals surface area contributed by atoms with E-state index in [2.05, 4.69) is 25.6 Å². The van der Waals surface area contributed by atoms with Crippen LogP contribution in [0, 0.1) is 43.9 Å². The van der Waals surface area contributed by atoms with Crippen molar-refractivity contribution in [1.29, 1.82) is 0 Å². The zero-order valence-electron chi connectivity index (χ0n) is 7.35. The lowest BCUT2D eigenvalue weighted by Crippen LogP contribution is -2.32. The molecule has 0 aromatic carbocycles. The Kier molecular flexibility index (Phi) is 4.57. The van der Waals surface area contributed by atoms with Gasteiger partial charge < -0.3 is 5.11 Å². The van der Waals surface area contributed by atoms with Crippen molar-refractivity contribution in [2.75, 3.05) is 0 Å². The molecule has 0 radical (unpaired) electrons. The molecule has 0 saturated heterocycles. The Morgan fingerprint density at radius 1 is 1.29 bits per heavy atom. The molecule has 72 valence electrons. The van der Waals surface area contributed by atoms with Crippen LogP contribution >= 0.6 is 45.2 Å². The highest BCUT2D eigenvalue weighted by molar-refractivity contribution is 14.1. The Bertz CT molecular complexity index is 374. The normalized spacial score (nSPS) is 34.7.